The van der Waals surface area contributed by atoms with Crippen molar-refractivity contribution in [3.8, 4) is 56.1 Å². The Hall–Kier alpha value is -7.49. The summed E-state index contributed by atoms with van der Waals surface area (Å²) in [5, 5.41) is 4.94. The molecule has 0 amide bonds. The lowest BCUT2D eigenvalue weighted by Gasteiger charge is -2.17. The number of nitrogens with zero attached hydrogens (tertiary/aromatic N) is 3. The number of benzene rings is 8. The van der Waals surface area contributed by atoms with Gasteiger partial charge in [-0.3, -0.25) is 0 Å². The van der Waals surface area contributed by atoms with E-state index >= 15 is 0 Å². The van der Waals surface area contributed by atoms with Gasteiger partial charge in [0.2, 0.25) is 0 Å². The van der Waals surface area contributed by atoms with E-state index in [0.717, 1.165) is 45.0 Å². The largest absolute Gasteiger partial charge is 0.309 e. The third kappa shape index (κ3) is 5.17. The Labute approximate surface area is 325 Å². The van der Waals surface area contributed by atoms with E-state index in [0.29, 0.717) is 0 Å². The van der Waals surface area contributed by atoms with Crippen molar-refractivity contribution in [2.45, 2.75) is 0 Å². The average Bonchev–Trinajstić information content (AvgIpc) is 3.80. The molecule has 0 unspecified atom stereocenters. The number of para-hydroxylation sites is 4. The number of hydrogen-bond donors (Lipinski definition) is 0. The van der Waals surface area contributed by atoms with E-state index in [-0.39, 0.29) is 0 Å². The van der Waals surface area contributed by atoms with E-state index in [1.165, 1.54) is 54.7 Å². The molecule has 3 nitrogen and oxygen atoms in total. The second-order valence-electron chi connectivity index (χ2n) is 14.4. The Morgan fingerprint density at radius 2 is 0.893 bits per heavy atom. The van der Waals surface area contributed by atoms with Gasteiger partial charge in [0.05, 0.1) is 39.1 Å². The molecule has 0 N–H and O–H groups in total. The fraction of sp³-hybridized carbons (Fsp3) is 0. The van der Waals surface area contributed by atoms with Crippen molar-refractivity contribution in [3.63, 3.8) is 0 Å². The first kappa shape index (κ1) is 32.0. The lowest BCUT2D eigenvalue weighted by molar-refractivity contribution is 1.17. The minimum atomic E-state index is 0.935. The summed E-state index contributed by atoms with van der Waals surface area (Å²) in [5.41, 5.74) is 15.7. The van der Waals surface area contributed by atoms with Crippen LogP contribution in [-0.2, 0) is 0 Å². The lowest BCUT2D eigenvalue weighted by atomic mass is 9.97. The molecule has 0 aliphatic carbocycles. The quantitative estimate of drug-likeness (QED) is 0.168. The summed E-state index contributed by atoms with van der Waals surface area (Å²) >= 11 is 0. The van der Waals surface area contributed by atoms with E-state index < -0.39 is 0 Å². The fourth-order valence-electron chi connectivity index (χ4n) is 8.61. The summed E-state index contributed by atoms with van der Waals surface area (Å²) in [7, 11) is 0. The van der Waals surface area contributed by atoms with Crippen molar-refractivity contribution in [2.24, 2.45) is 0 Å². The van der Waals surface area contributed by atoms with Crippen molar-refractivity contribution in [2.75, 3.05) is 0 Å². The highest BCUT2D eigenvalue weighted by Gasteiger charge is 2.22. The van der Waals surface area contributed by atoms with Gasteiger partial charge in [0.15, 0.2) is 0 Å². The highest BCUT2D eigenvalue weighted by Crippen LogP contribution is 2.44. The molecular weight excluding hydrogens is 679 g/mol. The van der Waals surface area contributed by atoms with Gasteiger partial charge in [0.1, 0.15) is 0 Å². The number of rotatable bonds is 6. The van der Waals surface area contributed by atoms with Crippen LogP contribution in [0.4, 0.5) is 0 Å². The normalized spacial score (nSPS) is 11.6. The molecule has 0 saturated carbocycles. The van der Waals surface area contributed by atoms with E-state index in [1.807, 2.05) is 0 Å². The van der Waals surface area contributed by atoms with Gasteiger partial charge in [-0.05, 0) is 71.3 Å². The van der Waals surface area contributed by atoms with Crippen LogP contribution in [0.5, 0.6) is 0 Å². The molecular formula is C53H35N3. The molecule has 0 bridgehead atoms. The highest BCUT2D eigenvalue weighted by atomic mass is 15.0. The monoisotopic (exact) mass is 713 g/mol. The molecule has 8 aromatic carbocycles. The van der Waals surface area contributed by atoms with Crippen LogP contribution in [0.3, 0.4) is 0 Å². The standard InChI is InChI=1S/C53H35N3/c1-4-17-36(18-5-1)38-21-16-22-39(33-38)47-35-40(34-46(54-47)37-19-6-2-7-20-37)42-25-10-13-28-48(42)56-49-29-14-11-26-43(49)44-31-32-51-52(53(44)56)45-27-12-15-30-50(45)55(51)41-23-8-3-9-24-41/h1-35H. The molecule has 3 heteroatoms. The molecule has 3 aromatic heterocycles. The van der Waals surface area contributed by atoms with Crippen LogP contribution in [0, 0.1) is 0 Å². The lowest BCUT2D eigenvalue weighted by Crippen LogP contribution is -1.99. The summed E-state index contributed by atoms with van der Waals surface area (Å²) in [4.78, 5) is 5.32. The fourth-order valence-corrected chi connectivity index (χ4v) is 8.61. The van der Waals surface area contributed by atoms with Crippen molar-refractivity contribution in [3.05, 3.63) is 212 Å². The first-order chi connectivity index (χ1) is 27.8. The van der Waals surface area contributed by atoms with Crippen LogP contribution < -0.4 is 0 Å². The molecule has 0 fully saturated rings. The molecule has 262 valence electrons. The van der Waals surface area contributed by atoms with Crippen molar-refractivity contribution < 1.29 is 0 Å². The van der Waals surface area contributed by atoms with E-state index in [2.05, 4.69) is 221 Å². The molecule has 56 heavy (non-hydrogen) atoms. The first-order valence-corrected chi connectivity index (χ1v) is 19.1. The van der Waals surface area contributed by atoms with Gasteiger partial charge >= 0.3 is 0 Å². The van der Waals surface area contributed by atoms with Crippen molar-refractivity contribution >= 4 is 43.6 Å². The van der Waals surface area contributed by atoms with Gasteiger partial charge in [0.25, 0.3) is 0 Å². The average molecular weight is 714 g/mol. The van der Waals surface area contributed by atoms with Crippen LogP contribution in [-0.4, -0.2) is 14.1 Å². The Bertz CT molecular complexity index is 3230. The molecule has 0 saturated heterocycles. The van der Waals surface area contributed by atoms with E-state index in [4.69, 9.17) is 4.98 Å². The van der Waals surface area contributed by atoms with E-state index in [9.17, 15) is 0 Å². The maximum absolute atomic E-state index is 5.32. The molecule has 0 spiro atoms. The number of hydrogen-bond acceptors (Lipinski definition) is 1. The zero-order chi connectivity index (χ0) is 37.0. The van der Waals surface area contributed by atoms with Gasteiger partial charge in [-0.2, -0.15) is 0 Å². The Kier molecular flexibility index (Phi) is 7.49. The molecule has 0 radical (unpaired) electrons. The van der Waals surface area contributed by atoms with Crippen LogP contribution in [0.1, 0.15) is 0 Å². The maximum atomic E-state index is 5.32. The molecule has 0 aliphatic heterocycles. The van der Waals surface area contributed by atoms with Gasteiger partial charge in [-0.25, -0.2) is 4.98 Å². The van der Waals surface area contributed by atoms with Crippen LogP contribution in [0.2, 0.25) is 0 Å². The zero-order valence-electron chi connectivity index (χ0n) is 30.5. The number of fused-ring (bicyclic) bond motifs is 7. The molecule has 3 heterocycles. The summed E-state index contributed by atoms with van der Waals surface area (Å²) in [5.74, 6) is 0. The van der Waals surface area contributed by atoms with Gasteiger partial charge in [0, 0.05) is 43.9 Å². The number of pyridine rings is 1. The van der Waals surface area contributed by atoms with Gasteiger partial charge in [-0.15, -0.1) is 0 Å². The highest BCUT2D eigenvalue weighted by molar-refractivity contribution is 6.26. The topological polar surface area (TPSA) is 22.8 Å². The van der Waals surface area contributed by atoms with Crippen LogP contribution in [0.25, 0.3) is 99.8 Å². The first-order valence-electron chi connectivity index (χ1n) is 19.1. The van der Waals surface area contributed by atoms with Crippen molar-refractivity contribution in [1.82, 2.24) is 14.1 Å². The Balaban J connectivity index is 1.20. The maximum Gasteiger partial charge on any atom is 0.0715 e. The zero-order valence-corrected chi connectivity index (χ0v) is 30.5. The van der Waals surface area contributed by atoms with Crippen LogP contribution in [0.15, 0.2) is 212 Å². The minimum absolute atomic E-state index is 0.935. The third-order valence-corrected chi connectivity index (χ3v) is 11.1. The summed E-state index contributed by atoms with van der Waals surface area (Å²) in [6.45, 7) is 0. The predicted molar refractivity (Wildman–Crippen MR) is 235 cm³/mol. The molecule has 11 rings (SSSR count). The van der Waals surface area contributed by atoms with Gasteiger partial charge in [-0.1, -0.05) is 158 Å². The summed E-state index contributed by atoms with van der Waals surface area (Å²) in [6, 6.07) is 76.2. The molecule has 0 atom stereocenters. The minimum Gasteiger partial charge on any atom is -0.309 e. The second kappa shape index (κ2) is 13.1. The molecule has 0 aliphatic rings. The summed E-state index contributed by atoms with van der Waals surface area (Å²) in [6.07, 6.45) is 0. The van der Waals surface area contributed by atoms with Crippen LogP contribution >= 0.6 is 0 Å². The summed E-state index contributed by atoms with van der Waals surface area (Å²) < 4.78 is 4.91. The molecule has 11 aromatic rings. The third-order valence-electron chi connectivity index (χ3n) is 11.1. The Morgan fingerprint density at radius 3 is 1.66 bits per heavy atom. The van der Waals surface area contributed by atoms with Gasteiger partial charge < -0.3 is 9.13 Å². The van der Waals surface area contributed by atoms with Crippen molar-refractivity contribution in [1.29, 1.82) is 0 Å². The second-order valence-corrected chi connectivity index (χ2v) is 14.4. The Morgan fingerprint density at radius 1 is 0.321 bits per heavy atom. The smallest absolute Gasteiger partial charge is 0.0715 e. The predicted octanol–water partition coefficient (Wildman–Crippen LogP) is 13.9. The van der Waals surface area contributed by atoms with E-state index in [1.54, 1.807) is 0 Å². The number of aromatic nitrogens is 3. The SMILES string of the molecule is c1ccc(-c2cccc(-c3cc(-c4ccccc4-n4c5ccccc5c5ccc6c(c7ccccc7n6-c6ccccc6)c54)cc(-c4ccccc4)n3)c2)cc1.